The lowest BCUT2D eigenvalue weighted by Gasteiger charge is -2.17. The van der Waals surface area contributed by atoms with Crippen LogP contribution >= 0.6 is 0 Å². The highest BCUT2D eigenvalue weighted by Gasteiger charge is 2.17. The van der Waals surface area contributed by atoms with Crippen LogP contribution < -0.4 is 16.6 Å². The van der Waals surface area contributed by atoms with Crippen LogP contribution in [0.3, 0.4) is 0 Å². The van der Waals surface area contributed by atoms with Gasteiger partial charge in [-0.15, -0.1) is 0 Å². The van der Waals surface area contributed by atoms with E-state index in [2.05, 4.69) is 15.3 Å². The van der Waals surface area contributed by atoms with Crippen molar-refractivity contribution in [3.8, 4) is 0 Å². The lowest BCUT2D eigenvalue weighted by Crippen LogP contribution is -2.38. The Balaban J connectivity index is 2.13. The molecule has 23 heavy (non-hydrogen) atoms. The molecule has 2 aromatic heterocycles. The number of carbonyl (C=O) groups is 1. The number of hydrogen-bond donors (Lipinski definition) is 2. The van der Waals surface area contributed by atoms with E-state index < -0.39 is 17.3 Å². The normalized spacial score (nSPS) is 11.9. The van der Waals surface area contributed by atoms with E-state index in [1.807, 2.05) is 6.07 Å². The number of carbonyl (C=O) groups excluding carboxylic acids is 1. The minimum absolute atomic E-state index is 0.142. The zero-order valence-electron chi connectivity index (χ0n) is 12.9. The van der Waals surface area contributed by atoms with Crippen LogP contribution in [0.25, 0.3) is 0 Å². The van der Waals surface area contributed by atoms with Gasteiger partial charge in [0, 0.05) is 32.1 Å². The molecule has 0 saturated heterocycles. The van der Waals surface area contributed by atoms with Gasteiger partial charge in [-0.25, -0.2) is 4.79 Å². The SMILES string of the molecule is COCC(NC(=O)Cc1c[nH]c(=O)n(C)c1=O)c1ccccn1. The predicted molar refractivity (Wildman–Crippen MR) is 83.0 cm³/mol. The molecule has 0 aliphatic heterocycles. The van der Waals surface area contributed by atoms with Gasteiger partial charge in [0.25, 0.3) is 5.56 Å². The molecule has 1 amide bonds. The van der Waals surface area contributed by atoms with Crippen LogP contribution in [0.2, 0.25) is 0 Å². The van der Waals surface area contributed by atoms with Crippen LogP contribution in [0.5, 0.6) is 0 Å². The molecule has 0 radical (unpaired) electrons. The molecule has 0 aliphatic carbocycles. The van der Waals surface area contributed by atoms with Crippen LogP contribution in [-0.4, -0.2) is 34.2 Å². The van der Waals surface area contributed by atoms with Gasteiger partial charge in [-0.3, -0.25) is 19.1 Å². The number of hydrogen-bond acceptors (Lipinski definition) is 5. The van der Waals surface area contributed by atoms with Gasteiger partial charge in [0.15, 0.2) is 0 Å². The van der Waals surface area contributed by atoms with Crippen LogP contribution in [0, 0.1) is 0 Å². The maximum atomic E-state index is 12.2. The average molecular weight is 318 g/mol. The summed E-state index contributed by atoms with van der Waals surface area (Å²) in [5, 5.41) is 2.78. The minimum Gasteiger partial charge on any atom is -0.382 e. The second kappa shape index (κ2) is 7.50. The minimum atomic E-state index is -0.523. The summed E-state index contributed by atoms with van der Waals surface area (Å²) in [7, 11) is 2.88. The van der Waals surface area contributed by atoms with Crippen LogP contribution in [0.4, 0.5) is 0 Å². The highest BCUT2D eigenvalue weighted by atomic mass is 16.5. The Labute approximate surface area is 132 Å². The summed E-state index contributed by atoms with van der Waals surface area (Å²) in [6.07, 6.45) is 2.74. The number of nitrogens with zero attached hydrogens (tertiary/aromatic N) is 2. The summed E-state index contributed by atoms with van der Waals surface area (Å²) in [6.45, 7) is 0.256. The van der Waals surface area contributed by atoms with Crippen molar-refractivity contribution in [2.45, 2.75) is 12.5 Å². The first-order valence-electron chi connectivity index (χ1n) is 6.99. The molecule has 2 rings (SSSR count). The molecule has 0 bridgehead atoms. The van der Waals surface area contributed by atoms with E-state index in [9.17, 15) is 14.4 Å². The Morgan fingerprint density at radius 3 is 2.87 bits per heavy atom. The van der Waals surface area contributed by atoms with Crippen molar-refractivity contribution in [1.82, 2.24) is 19.9 Å². The molecule has 0 saturated carbocycles. The quantitative estimate of drug-likeness (QED) is 0.748. The second-order valence-corrected chi connectivity index (χ2v) is 4.99. The van der Waals surface area contributed by atoms with Gasteiger partial charge in [0.2, 0.25) is 5.91 Å². The first kappa shape index (κ1) is 16.6. The van der Waals surface area contributed by atoms with Crippen molar-refractivity contribution in [3.63, 3.8) is 0 Å². The third kappa shape index (κ3) is 4.13. The Bertz CT molecular complexity index is 782. The van der Waals surface area contributed by atoms with Gasteiger partial charge in [-0.05, 0) is 12.1 Å². The number of amides is 1. The second-order valence-electron chi connectivity index (χ2n) is 4.99. The molecule has 8 nitrogen and oxygen atoms in total. The van der Waals surface area contributed by atoms with Crippen molar-refractivity contribution >= 4 is 5.91 Å². The largest absolute Gasteiger partial charge is 0.382 e. The van der Waals surface area contributed by atoms with Gasteiger partial charge >= 0.3 is 5.69 Å². The van der Waals surface area contributed by atoms with Crippen molar-refractivity contribution in [1.29, 1.82) is 0 Å². The van der Waals surface area contributed by atoms with Crippen LogP contribution in [0.1, 0.15) is 17.3 Å². The molecule has 2 heterocycles. The molecule has 2 aromatic rings. The smallest absolute Gasteiger partial charge is 0.328 e. The zero-order chi connectivity index (χ0) is 16.8. The number of H-pyrrole nitrogens is 1. The fraction of sp³-hybridized carbons (Fsp3) is 0.333. The maximum Gasteiger partial charge on any atom is 0.328 e. The summed E-state index contributed by atoms with van der Waals surface area (Å²) in [5.74, 6) is -0.359. The number of rotatable bonds is 6. The summed E-state index contributed by atoms with van der Waals surface area (Å²) in [4.78, 5) is 42.0. The lowest BCUT2D eigenvalue weighted by molar-refractivity contribution is -0.121. The summed E-state index contributed by atoms with van der Waals surface area (Å²) >= 11 is 0. The number of methoxy groups -OCH3 is 1. The zero-order valence-corrected chi connectivity index (χ0v) is 12.9. The average Bonchev–Trinajstić information content (AvgIpc) is 2.56. The number of nitrogens with one attached hydrogen (secondary N) is 2. The monoisotopic (exact) mass is 318 g/mol. The maximum absolute atomic E-state index is 12.2. The molecular formula is C15H18N4O4. The Hall–Kier alpha value is -2.74. The van der Waals surface area contributed by atoms with Gasteiger partial charge in [-0.1, -0.05) is 6.07 Å². The van der Waals surface area contributed by atoms with E-state index in [1.165, 1.54) is 20.4 Å². The molecule has 0 spiro atoms. The molecular weight excluding hydrogens is 300 g/mol. The lowest BCUT2D eigenvalue weighted by atomic mass is 10.1. The number of aromatic amines is 1. The molecule has 0 aliphatic rings. The molecule has 1 unspecified atom stereocenters. The van der Waals surface area contributed by atoms with Crippen molar-refractivity contribution in [3.05, 3.63) is 62.7 Å². The Kier molecular flexibility index (Phi) is 5.42. The number of ether oxygens (including phenoxy) is 1. The van der Waals surface area contributed by atoms with Gasteiger partial charge in [0.1, 0.15) is 0 Å². The Morgan fingerprint density at radius 1 is 1.43 bits per heavy atom. The fourth-order valence-electron chi connectivity index (χ4n) is 2.11. The first-order valence-corrected chi connectivity index (χ1v) is 6.99. The fourth-order valence-corrected chi connectivity index (χ4v) is 2.11. The molecule has 2 N–H and O–H groups in total. The highest BCUT2D eigenvalue weighted by molar-refractivity contribution is 5.78. The van der Waals surface area contributed by atoms with E-state index in [-0.39, 0.29) is 24.5 Å². The number of pyridine rings is 1. The molecule has 122 valence electrons. The molecule has 0 aromatic carbocycles. The van der Waals surface area contributed by atoms with E-state index in [1.54, 1.807) is 18.3 Å². The summed E-state index contributed by atoms with van der Waals surface area (Å²) in [6, 6.07) is 4.96. The van der Waals surface area contributed by atoms with Crippen LogP contribution in [-0.2, 0) is 23.0 Å². The standard InChI is InChI=1S/C15H18N4O4/c1-19-14(21)10(8-17-15(19)22)7-13(20)18-12(9-23-2)11-5-3-4-6-16-11/h3-6,8,12H,7,9H2,1-2H3,(H,17,22)(H,18,20). The van der Waals surface area contributed by atoms with E-state index >= 15 is 0 Å². The van der Waals surface area contributed by atoms with E-state index in [0.29, 0.717) is 5.69 Å². The Morgan fingerprint density at radius 2 is 2.22 bits per heavy atom. The molecule has 1 atom stereocenters. The molecule has 0 fully saturated rings. The predicted octanol–water partition coefficient (Wildman–Crippen LogP) is -0.485. The topological polar surface area (TPSA) is 106 Å². The summed E-state index contributed by atoms with van der Waals surface area (Å²) < 4.78 is 6.02. The highest BCUT2D eigenvalue weighted by Crippen LogP contribution is 2.09. The summed E-state index contributed by atoms with van der Waals surface area (Å²) in [5.41, 5.74) is -0.145. The third-order valence-corrected chi connectivity index (χ3v) is 3.32. The van der Waals surface area contributed by atoms with Crippen molar-refractivity contribution in [2.75, 3.05) is 13.7 Å². The van der Waals surface area contributed by atoms with Crippen molar-refractivity contribution in [2.24, 2.45) is 7.05 Å². The van der Waals surface area contributed by atoms with E-state index in [4.69, 9.17) is 4.74 Å². The van der Waals surface area contributed by atoms with Gasteiger partial charge < -0.3 is 15.0 Å². The van der Waals surface area contributed by atoms with Gasteiger partial charge in [0.05, 0.1) is 24.8 Å². The molecule has 8 heteroatoms. The first-order chi connectivity index (χ1) is 11.0. The van der Waals surface area contributed by atoms with Crippen molar-refractivity contribution < 1.29 is 9.53 Å². The van der Waals surface area contributed by atoms with Gasteiger partial charge in [-0.2, -0.15) is 0 Å². The van der Waals surface area contributed by atoms with E-state index in [0.717, 1.165) is 4.57 Å². The third-order valence-electron chi connectivity index (χ3n) is 3.32. The number of aromatic nitrogens is 3. The van der Waals surface area contributed by atoms with Crippen LogP contribution in [0.15, 0.2) is 40.2 Å².